The van der Waals surface area contributed by atoms with E-state index in [0.717, 1.165) is 11.4 Å². The minimum Gasteiger partial charge on any atom is -0.508 e. The number of phenols is 2. The molecule has 0 fully saturated rings. The van der Waals surface area contributed by atoms with E-state index in [4.69, 9.17) is 0 Å². The van der Waals surface area contributed by atoms with Crippen molar-refractivity contribution in [1.29, 1.82) is 0 Å². The fraction of sp³-hybridized carbons (Fsp3) is 0. The van der Waals surface area contributed by atoms with E-state index < -0.39 is 0 Å². The van der Waals surface area contributed by atoms with Crippen LogP contribution in [0.4, 0.5) is 29.2 Å². The number of benzene rings is 3. The number of rotatable bonds is 7. The molecule has 1 aromatic heterocycles. The fourth-order valence-corrected chi connectivity index (χ4v) is 2.64. The van der Waals surface area contributed by atoms with Crippen LogP contribution in [0.2, 0.25) is 0 Å². The van der Waals surface area contributed by atoms with Gasteiger partial charge in [-0.3, -0.25) is 0 Å². The molecule has 1 heterocycles. The number of hydrogen-bond acceptors (Lipinski definition) is 9. The van der Waals surface area contributed by atoms with Crippen molar-refractivity contribution in [3.05, 3.63) is 84.4 Å². The average Bonchev–Trinajstić information content (AvgIpc) is 2.77. The molecule has 0 aliphatic carbocycles. The Morgan fingerprint density at radius 3 is 1.77 bits per heavy atom. The van der Waals surface area contributed by atoms with Crippen molar-refractivity contribution < 1.29 is 10.2 Å². The monoisotopic (exact) mass is 413 g/mol. The lowest BCUT2D eigenvalue weighted by atomic mass is 10.2. The van der Waals surface area contributed by atoms with Crippen LogP contribution in [0.1, 0.15) is 5.56 Å². The molecule has 0 aliphatic rings. The average molecular weight is 413 g/mol. The van der Waals surface area contributed by atoms with Crippen LogP contribution in [0.25, 0.3) is 0 Å². The normalized spacial score (nSPS) is 10.7. The molecular weight excluding hydrogens is 394 g/mol. The molecule has 4 rings (SSSR count). The van der Waals surface area contributed by atoms with Crippen LogP contribution in [0.5, 0.6) is 11.5 Å². The lowest BCUT2D eigenvalue weighted by Crippen LogP contribution is -2.07. The van der Waals surface area contributed by atoms with Gasteiger partial charge in [0.25, 0.3) is 0 Å². The van der Waals surface area contributed by atoms with Crippen LogP contribution in [-0.4, -0.2) is 31.4 Å². The van der Waals surface area contributed by atoms with Gasteiger partial charge in [0.1, 0.15) is 11.5 Å². The first-order valence-corrected chi connectivity index (χ1v) is 9.37. The van der Waals surface area contributed by atoms with Crippen LogP contribution in [-0.2, 0) is 0 Å². The van der Waals surface area contributed by atoms with E-state index in [1.165, 1.54) is 24.4 Å². The number of nitrogens with zero attached hydrogens (tertiary/aromatic N) is 4. The molecule has 0 spiro atoms. The van der Waals surface area contributed by atoms with Crippen molar-refractivity contribution >= 4 is 35.4 Å². The molecule has 9 heteroatoms. The summed E-state index contributed by atoms with van der Waals surface area (Å²) in [5, 5.41) is 29.6. The molecule has 4 aromatic rings. The third-order valence-corrected chi connectivity index (χ3v) is 4.08. The highest BCUT2D eigenvalue weighted by atomic mass is 16.3. The Hall–Kier alpha value is -4.66. The summed E-state index contributed by atoms with van der Waals surface area (Å²) < 4.78 is 0. The second-order valence-electron chi connectivity index (χ2n) is 6.40. The van der Waals surface area contributed by atoms with E-state index in [0.29, 0.717) is 17.5 Å². The number of phenolic OH excluding ortho intramolecular Hbond substituents is 2. The van der Waals surface area contributed by atoms with Crippen LogP contribution in [0.15, 0.2) is 84.0 Å². The topological polar surface area (TPSA) is 128 Å². The van der Waals surface area contributed by atoms with Gasteiger partial charge in [0.2, 0.25) is 17.8 Å². The van der Waals surface area contributed by atoms with Crippen molar-refractivity contribution in [3.63, 3.8) is 0 Å². The number of nitrogens with one attached hydrogen (secondary N) is 3. The Labute approximate surface area is 178 Å². The van der Waals surface area contributed by atoms with Crippen LogP contribution >= 0.6 is 0 Å². The second kappa shape index (κ2) is 9.23. The zero-order chi connectivity index (χ0) is 21.5. The molecule has 0 saturated carbocycles. The Morgan fingerprint density at radius 1 is 0.677 bits per heavy atom. The smallest absolute Gasteiger partial charge is 0.250 e. The third kappa shape index (κ3) is 5.45. The molecule has 154 valence electrons. The molecule has 0 unspecified atom stereocenters. The minimum atomic E-state index is -0.0981. The number of hydrazone groups is 1. The maximum Gasteiger partial charge on any atom is 0.250 e. The number of aromatic nitrogens is 3. The van der Waals surface area contributed by atoms with Gasteiger partial charge in [0.05, 0.1) is 6.21 Å². The summed E-state index contributed by atoms with van der Waals surface area (Å²) >= 11 is 0. The van der Waals surface area contributed by atoms with Gasteiger partial charge in [-0.2, -0.15) is 20.1 Å². The summed E-state index contributed by atoms with van der Waals surface area (Å²) in [4.78, 5) is 13.1. The molecule has 0 amide bonds. The van der Waals surface area contributed by atoms with Crippen molar-refractivity contribution in [3.8, 4) is 11.5 Å². The summed E-state index contributed by atoms with van der Waals surface area (Å²) in [5.41, 5.74) is 4.81. The summed E-state index contributed by atoms with van der Waals surface area (Å²) in [6.45, 7) is 0. The van der Waals surface area contributed by atoms with Crippen LogP contribution in [0, 0.1) is 0 Å². The van der Waals surface area contributed by atoms with Crippen molar-refractivity contribution in [2.75, 3.05) is 16.1 Å². The summed E-state index contributed by atoms with van der Waals surface area (Å²) in [5.74, 6) is 0.711. The first-order chi connectivity index (χ1) is 15.2. The van der Waals surface area contributed by atoms with Gasteiger partial charge in [-0.25, -0.2) is 5.43 Å². The van der Waals surface area contributed by atoms with E-state index in [-0.39, 0.29) is 17.4 Å². The van der Waals surface area contributed by atoms with E-state index in [1.54, 1.807) is 0 Å². The highest BCUT2D eigenvalue weighted by molar-refractivity contribution is 5.84. The summed E-state index contributed by atoms with van der Waals surface area (Å²) in [7, 11) is 0. The summed E-state index contributed by atoms with van der Waals surface area (Å²) in [6.07, 6.45) is 1.40. The molecule has 0 saturated heterocycles. The van der Waals surface area contributed by atoms with Gasteiger partial charge in [0.15, 0.2) is 0 Å². The lowest BCUT2D eigenvalue weighted by Gasteiger charge is -2.10. The number of anilines is 5. The number of hydrogen-bond donors (Lipinski definition) is 5. The van der Waals surface area contributed by atoms with Gasteiger partial charge in [0, 0.05) is 23.0 Å². The largest absolute Gasteiger partial charge is 0.508 e. The summed E-state index contributed by atoms with van der Waals surface area (Å²) in [6, 6.07) is 23.2. The standard InChI is InChI=1S/C22H19N7O2/c30-18-12-11-15(19(31)13-18)14-23-29-22-27-20(24-16-7-3-1-4-8-16)26-21(28-22)25-17-9-5-2-6-10-17/h1-14,30-31H,(H3,24,25,26,27,28,29). The number of aromatic hydroxyl groups is 2. The predicted molar refractivity (Wildman–Crippen MR) is 120 cm³/mol. The third-order valence-electron chi connectivity index (χ3n) is 4.08. The van der Waals surface area contributed by atoms with Crippen molar-refractivity contribution in [2.45, 2.75) is 0 Å². The molecule has 0 bridgehead atoms. The van der Waals surface area contributed by atoms with Gasteiger partial charge in [-0.05, 0) is 36.4 Å². The quantitative estimate of drug-likeness (QED) is 0.225. The lowest BCUT2D eigenvalue weighted by molar-refractivity contribution is 0.450. The van der Waals surface area contributed by atoms with E-state index in [2.05, 4.69) is 36.1 Å². The Bertz CT molecular complexity index is 1130. The molecule has 5 N–H and O–H groups in total. The second-order valence-corrected chi connectivity index (χ2v) is 6.40. The first-order valence-electron chi connectivity index (χ1n) is 9.37. The molecule has 3 aromatic carbocycles. The fourth-order valence-electron chi connectivity index (χ4n) is 2.64. The van der Waals surface area contributed by atoms with Crippen molar-refractivity contribution in [1.82, 2.24) is 15.0 Å². The number of para-hydroxylation sites is 2. The highest BCUT2D eigenvalue weighted by Crippen LogP contribution is 2.21. The Morgan fingerprint density at radius 2 is 1.23 bits per heavy atom. The van der Waals surface area contributed by atoms with Gasteiger partial charge in [-0.15, -0.1) is 0 Å². The molecule has 0 aliphatic heterocycles. The van der Waals surface area contributed by atoms with E-state index in [9.17, 15) is 10.2 Å². The zero-order valence-corrected chi connectivity index (χ0v) is 16.3. The molecule has 0 atom stereocenters. The maximum absolute atomic E-state index is 9.86. The van der Waals surface area contributed by atoms with Gasteiger partial charge in [-0.1, -0.05) is 36.4 Å². The molecule has 31 heavy (non-hydrogen) atoms. The van der Waals surface area contributed by atoms with Crippen molar-refractivity contribution in [2.24, 2.45) is 5.10 Å². The van der Waals surface area contributed by atoms with Crippen LogP contribution < -0.4 is 16.1 Å². The molecular formula is C22H19N7O2. The Balaban J connectivity index is 1.58. The first kappa shape index (κ1) is 19.6. The maximum atomic E-state index is 9.86. The van der Waals surface area contributed by atoms with Gasteiger partial charge >= 0.3 is 0 Å². The predicted octanol–water partition coefficient (Wildman–Crippen LogP) is 4.22. The van der Waals surface area contributed by atoms with E-state index in [1.807, 2.05) is 60.7 Å². The Kier molecular flexibility index (Phi) is 5.85. The van der Waals surface area contributed by atoms with Gasteiger partial charge < -0.3 is 20.8 Å². The zero-order valence-electron chi connectivity index (χ0n) is 16.3. The highest BCUT2D eigenvalue weighted by Gasteiger charge is 2.07. The SMILES string of the molecule is Oc1ccc(C=NNc2nc(Nc3ccccc3)nc(Nc3ccccc3)n2)c(O)c1. The molecule has 9 nitrogen and oxygen atoms in total. The van der Waals surface area contributed by atoms with E-state index >= 15 is 0 Å². The minimum absolute atomic E-state index is 0.0340. The molecule has 0 radical (unpaired) electrons. The van der Waals surface area contributed by atoms with Crippen LogP contribution in [0.3, 0.4) is 0 Å².